The van der Waals surface area contributed by atoms with Crippen LogP contribution in [0.1, 0.15) is 11.3 Å². The van der Waals surface area contributed by atoms with E-state index in [-0.39, 0.29) is 18.4 Å². The van der Waals surface area contributed by atoms with Gasteiger partial charge in [0.05, 0.1) is 30.6 Å². The number of aromatic nitrogens is 1. The van der Waals surface area contributed by atoms with Crippen LogP contribution < -0.4 is 9.64 Å². The summed E-state index contributed by atoms with van der Waals surface area (Å²) in [5.74, 6) is 0.290. The van der Waals surface area contributed by atoms with Crippen molar-refractivity contribution in [2.45, 2.75) is 6.54 Å². The van der Waals surface area contributed by atoms with Gasteiger partial charge in [-0.1, -0.05) is 48.5 Å². The van der Waals surface area contributed by atoms with E-state index in [9.17, 15) is 9.59 Å². The molecule has 2 amide bonds. The third-order valence-electron chi connectivity index (χ3n) is 6.27. The average Bonchev–Trinajstić information content (AvgIpc) is 3.14. The van der Waals surface area contributed by atoms with Gasteiger partial charge in [0.1, 0.15) is 11.4 Å². The molecule has 0 N–H and O–H groups in total. The van der Waals surface area contributed by atoms with Gasteiger partial charge < -0.3 is 14.5 Å². The number of hydrogen-bond donors (Lipinski definition) is 0. The Bertz CT molecular complexity index is 1220. The molecule has 0 unspecified atom stereocenters. The van der Waals surface area contributed by atoms with Gasteiger partial charge in [-0.2, -0.15) is 0 Å². The first-order valence-corrected chi connectivity index (χ1v) is 11.4. The predicted molar refractivity (Wildman–Crippen MR) is 130 cm³/mol. The van der Waals surface area contributed by atoms with E-state index in [0.717, 1.165) is 17.0 Å². The van der Waals surface area contributed by atoms with Gasteiger partial charge in [0, 0.05) is 32.4 Å². The number of rotatable bonds is 6. The number of benzene rings is 2. The molecule has 5 rings (SSSR count). The van der Waals surface area contributed by atoms with Gasteiger partial charge in [0.25, 0.3) is 11.8 Å². The van der Waals surface area contributed by atoms with Gasteiger partial charge >= 0.3 is 0 Å². The molecule has 0 radical (unpaired) electrons. The van der Waals surface area contributed by atoms with Crippen LogP contribution in [-0.2, 0) is 16.1 Å². The molecule has 3 heterocycles. The highest BCUT2D eigenvalue weighted by Gasteiger charge is 2.42. The Hall–Kier alpha value is -4.13. The fourth-order valence-corrected chi connectivity index (χ4v) is 4.58. The maximum atomic E-state index is 13.6. The average molecular weight is 455 g/mol. The lowest BCUT2D eigenvalue weighted by atomic mass is 10.0. The molecule has 7 nitrogen and oxygen atoms in total. The quantitative estimate of drug-likeness (QED) is 0.533. The number of pyridine rings is 1. The second-order valence-corrected chi connectivity index (χ2v) is 8.25. The summed E-state index contributed by atoms with van der Waals surface area (Å²) in [6, 6.07) is 22.9. The molecule has 2 aromatic carbocycles. The third kappa shape index (κ3) is 4.01. The Morgan fingerprint density at radius 2 is 1.47 bits per heavy atom. The van der Waals surface area contributed by atoms with Crippen LogP contribution in [0.25, 0.3) is 5.57 Å². The minimum Gasteiger partial charge on any atom is -0.495 e. The minimum atomic E-state index is -0.274. The van der Waals surface area contributed by atoms with Crippen LogP contribution >= 0.6 is 0 Å². The molecule has 0 bridgehead atoms. The van der Waals surface area contributed by atoms with Crippen molar-refractivity contribution in [2.75, 3.05) is 38.2 Å². The molecule has 2 aliphatic rings. The smallest absolute Gasteiger partial charge is 0.278 e. The van der Waals surface area contributed by atoms with Gasteiger partial charge in [0.2, 0.25) is 0 Å². The van der Waals surface area contributed by atoms with Crippen LogP contribution in [-0.4, -0.2) is 59.9 Å². The number of nitrogens with zero attached hydrogens (tertiary/aromatic N) is 4. The molecule has 1 aromatic heterocycles. The Balaban J connectivity index is 1.43. The van der Waals surface area contributed by atoms with E-state index in [0.29, 0.717) is 43.1 Å². The van der Waals surface area contributed by atoms with Gasteiger partial charge in [-0.3, -0.25) is 19.5 Å². The number of anilines is 1. The number of ether oxygens (including phenoxy) is 1. The van der Waals surface area contributed by atoms with E-state index < -0.39 is 0 Å². The fourth-order valence-electron chi connectivity index (χ4n) is 4.58. The zero-order valence-electron chi connectivity index (χ0n) is 19.1. The maximum absolute atomic E-state index is 13.6. The summed E-state index contributed by atoms with van der Waals surface area (Å²) in [6.45, 7) is 2.83. The topological polar surface area (TPSA) is 66.0 Å². The molecule has 1 fully saturated rings. The molecule has 0 saturated carbocycles. The summed E-state index contributed by atoms with van der Waals surface area (Å²) in [4.78, 5) is 37.0. The Kier molecular flexibility index (Phi) is 5.99. The second-order valence-electron chi connectivity index (χ2n) is 8.25. The zero-order valence-corrected chi connectivity index (χ0v) is 19.1. The van der Waals surface area contributed by atoms with E-state index in [1.54, 1.807) is 13.3 Å². The van der Waals surface area contributed by atoms with E-state index >= 15 is 0 Å². The molecular formula is C27H26N4O3. The van der Waals surface area contributed by atoms with E-state index in [1.165, 1.54) is 4.90 Å². The SMILES string of the molecule is COc1ccccc1N1CCN(C2=C(c3ccccc3)C(=O)N(Cc3ccccn3)C2=O)CC1. The first-order chi connectivity index (χ1) is 16.7. The number of imide groups is 1. The van der Waals surface area contributed by atoms with Crippen molar-refractivity contribution >= 4 is 23.1 Å². The maximum Gasteiger partial charge on any atom is 0.278 e. The van der Waals surface area contributed by atoms with E-state index in [1.807, 2.05) is 77.7 Å². The Morgan fingerprint density at radius 3 is 2.18 bits per heavy atom. The molecule has 34 heavy (non-hydrogen) atoms. The van der Waals surface area contributed by atoms with Gasteiger partial charge in [-0.15, -0.1) is 0 Å². The number of methoxy groups -OCH3 is 1. The van der Waals surface area contributed by atoms with Crippen LogP contribution in [0.5, 0.6) is 5.75 Å². The molecule has 172 valence electrons. The summed E-state index contributed by atoms with van der Waals surface area (Å²) < 4.78 is 5.53. The largest absolute Gasteiger partial charge is 0.495 e. The summed E-state index contributed by atoms with van der Waals surface area (Å²) in [7, 11) is 1.67. The molecule has 7 heteroatoms. The standard InChI is InChI=1S/C27H26N4O3/c1-34-23-13-6-5-12-22(23)29-15-17-30(18-16-29)25-24(20-9-3-2-4-10-20)26(32)31(27(25)33)19-21-11-7-8-14-28-21/h2-14H,15-19H2,1H3. The summed E-state index contributed by atoms with van der Waals surface area (Å²) in [5.41, 5.74) is 3.41. The van der Waals surface area contributed by atoms with Crippen LogP contribution in [0, 0.1) is 0 Å². The Labute approximate surface area is 198 Å². The normalized spacial score (nSPS) is 16.4. The highest BCUT2D eigenvalue weighted by Crippen LogP contribution is 2.34. The third-order valence-corrected chi connectivity index (χ3v) is 6.27. The van der Waals surface area contributed by atoms with Gasteiger partial charge in [-0.05, 0) is 29.8 Å². The van der Waals surface area contributed by atoms with Crippen molar-refractivity contribution in [3.8, 4) is 5.75 Å². The van der Waals surface area contributed by atoms with Crippen LogP contribution in [0.4, 0.5) is 5.69 Å². The fraction of sp³-hybridized carbons (Fsp3) is 0.222. The van der Waals surface area contributed by atoms with E-state index in [4.69, 9.17) is 4.74 Å². The first-order valence-electron chi connectivity index (χ1n) is 11.4. The lowest BCUT2D eigenvalue weighted by molar-refractivity contribution is -0.138. The number of carbonyl (C=O) groups excluding carboxylic acids is 2. The van der Waals surface area contributed by atoms with Crippen molar-refractivity contribution in [1.82, 2.24) is 14.8 Å². The zero-order chi connectivity index (χ0) is 23.5. The summed E-state index contributed by atoms with van der Waals surface area (Å²) in [6.07, 6.45) is 1.67. The molecular weight excluding hydrogens is 428 g/mol. The number of piperazine rings is 1. The highest BCUT2D eigenvalue weighted by molar-refractivity contribution is 6.35. The molecule has 0 aliphatic carbocycles. The van der Waals surface area contributed by atoms with E-state index in [2.05, 4.69) is 9.88 Å². The van der Waals surface area contributed by atoms with Crippen molar-refractivity contribution in [3.63, 3.8) is 0 Å². The van der Waals surface area contributed by atoms with Crippen molar-refractivity contribution in [1.29, 1.82) is 0 Å². The molecule has 2 aliphatic heterocycles. The van der Waals surface area contributed by atoms with Crippen molar-refractivity contribution in [3.05, 3.63) is 95.9 Å². The highest BCUT2D eigenvalue weighted by atomic mass is 16.5. The summed E-state index contributed by atoms with van der Waals surface area (Å²) >= 11 is 0. The van der Waals surface area contributed by atoms with Gasteiger partial charge in [0.15, 0.2) is 0 Å². The van der Waals surface area contributed by atoms with Crippen molar-refractivity contribution in [2.24, 2.45) is 0 Å². The van der Waals surface area contributed by atoms with Crippen molar-refractivity contribution < 1.29 is 14.3 Å². The number of amides is 2. The van der Waals surface area contributed by atoms with Crippen LogP contribution in [0.2, 0.25) is 0 Å². The molecule has 0 atom stereocenters. The lowest BCUT2D eigenvalue weighted by Crippen LogP contribution is -2.47. The number of para-hydroxylation sites is 2. The molecule has 0 spiro atoms. The van der Waals surface area contributed by atoms with Crippen LogP contribution in [0.15, 0.2) is 84.7 Å². The van der Waals surface area contributed by atoms with Crippen LogP contribution in [0.3, 0.4) is 0 Å². The summed E-state index contributed by atoms with van der Waals surface area (Å²) in [5, 5.41) is 0. The van der Waals surface area contributed by atoms with Gasteiger partial charge in [-0.25, -0.2) is 0 Å². The monoisotopic (exact) mass is 454 g/mol. The Morgan fingerprint density at radius 1 is 0.794 bits per heavy atom. The molecule has 1 saturated heterocycles. The second kappa shape index (κ2) is 9.39. The number of hydrogen-bond acceptors (Lipinski definition) is 6. The molecule has 3 aromatic rings. The minimum absolute atomic E-state index is 0.152. The predicted octanol–water partition coefficient (Wildman–Crippen LogP) is 3.19. The lowest BCUT2D eigenvalue weighted by Gasteiger charge is -2.38. The number of carbonyl (C=O) groups is 2. The first kappa shape index (κ1) is 21.7.